The van der Waals surface area contributed by atoms with Gasteiger partial charge in [0.25, 0.3) is 0 Å². The molecule has 192 valence electrons. The van der Waals surface area contributed by atoms with Gasteiger partial charge in [-0.25, -0.2) is 4.79 Å². The van der Waals surface area contributed by atoms with E-state index < -0.39 is 5.97 Å². The topological polar surface area (TPSA) is 92.7 Å². The molecule has 0 aliphatic rings. The molecule has 0 bridgehead atoms. The summed E-state index contributed by atoms with van der Waals surface area (Å²) in [4.78, 5) is 11.4. The fourth-order valence-electron chi connectivity index (χ4n) is 2.99. The predicted molar refractivity (Wildman–Crippen MR) is 133 cm³/mol. The van der Waals surface area contributed by atoms with Crippen LogP contribution < -0.4 is 14.2 Å². The van der Waals surface area contributed by atoms with Crippen molar-refractivity contribution < 1.29 is 38.3 Å². The molecular formula is C27H36O8. The molecule has 0 spiro atoms. The summed E-state index contributed by atoms with van der Waals surface area (Å²) in [6.07, 6.45) is 4.09. The molecule has 2 rings (SSSR count). The van der Waals surface area contributed by atoms with Crippen LogP contribution in [0.2, 0.25) is 0 Å². The summed E-state index contributed by atoms with van der Waals surface area (Å²) in [5.41, 5.74) is 1.77. The average Bonchev–Trinajstić information content (AvgIpc) is 2.86. The Morgan fingerprint density at radius 2 is 1.69 bits per heavy atom. The fraction of sp³-hybridized carbons (Fsp3) is 0.444. The first kappa shape index (κ1) is 28.0. The second-order valence-corrected chi connectivity index (χ2v) is 7.56. The third-order valence-corrected chi connectivity index (χ3v) is 4.84. The van der Waals surface area contributed by atoms with Gasteiger partial charge in [0, 0.05) is 13.5 Å². The van der Waals surface area contributed by atoms with Crippen LogP contribution >= 0.6 is 0 Å². The highest BCUT2D eigenvalue weighted by atomic mass is 16.7. The van der Waals surface area contributed by atoms with Gasteiger partial charge in [0.2, 0.25) is 5.76 Å². The molecule has 0 fully saturated rings. The maximum atomic E-state index is 11.4. The van der Waals surface area contributed by atoms with Crippen molar-refractivity contribution in [1.82, 2.24) is 0 Å². The maximum absolute atomic E-state index is 11.4. The molecule has 8 heteroatoms. The molecule has 35 heavy (non-hydrogen) atoms. The standard InChI is InChI=1S/C27H36O8/c1-4-6-14-33-25-18-22(19-26(27(28)29)32-5-2)9-12-24(25)34-15-13-21-7-10-23(11-8-21)35-20-31-17-16-30-3/h7-12,18-19H,4-6,13-17,20H2,1-3H3,(H,28,29)/b26-19-. The van der Waals surface area contributed by atoms with Crippen LogP contribution in [0.25, 0.3) is 6.08 Å². The van der Waals surface area contributed by atoms with Crippen LogP contribution in [0.1, 0.15) is 37.8 Å². The van der Waals surface area contributed by atoms with Crippen molar-refractivity contribution in [1.29, 1.82) is 0 Å². The zero-order valence-corrected chi connectivity index (χ0v) is 20.8. The zero-order valence-electron chi connectivity index (χ0n) is 20.8. The lowest BCUT2D eigenvalue weighted by molar-refractivity contribution is -0.136. The molecule has 2 aromatic carbocycles. The summed E-state index contributed by atoms with van der Waals surface area (Å²) >= 11 is 0. The SMILES string of the molecule is CCCCOc1cc(/C=C(\OCC)C(=O)O)ccc1OCCc1ccc(OCOCCOC)cc1. The molecule has 0 heterocycles. The number of ether oxygens (including phenoxy) is 6. The third kappa shape index (κ3) is 10.7. The molecule has 2 aromatic rings. The lowest BCUT2D eigenvalue weighted by Crippen LogP contribution is -2.08. The second-order valence-electron chi connectivity index (χ2n) is 7.56. The molecule has 1 N–H and O–H groups in total. The highest BCUT2D eigenvalue weighted by Gasteiger charge is 2.11. The molecule has 0 radical (unpaired) electrons. The summed E-state index contributed by atoms with van der Waals surface area (Å²) in [5.74, 6) is 0.686. The van der Waals surface area contributed by atoms with E-state index in [2.05, 4.69) is 6.92 Å². The smallest absolute Gasteiger partial charge is 0.371 e. The van der Waals surface area contributed by atoms with Gasteiger partial charge in [-0.15, -0.1) is 0 Å². The molecule has 8 nitrogen and oxygen atoms in total. The van der Waals surface area contributed by atoms with Gasteiger partial charge in [0.05, 0.1) is 33.0 Å². The zero-order chi connectivity index (χ0) is 25.3. The Morgan fingerprint density at radius 3 is 2.37 bits per heavy atom. The molecule has 0 aliphatic heterocycles. The van der Waals surface area contributed by atoms with Crippen molar-refractivity contribution in [3.05, 3.63) is 59.4 Å². The van der Waals surface area contributed by atoms with Gasteiger partial charge in [-0.2, -0.15) is 0 Å². The quantitative estimate of drug-likeness (QED) is 0.136. The Hall–Kier alpha value is -3.23. The maximum Gasteiger partial charge on any atom is 0.371 e. The van der Waals surface area contributed by atoms with Gasteiger partial charge in [-0.1, -0.05) is 31.5 Å². The van der Waals surface area contributed by atoms with Gasteiger partial charge >= 0.3 is 5.97 Å². The van der Waals surface area contributed by atoms with E-state index in [-0.39, 0.29) is 19.2 Å². The number of carboxylic acid groups (broad SMARTS) is 1. The Labute approximate surface area is 207 Å². The van der Waals surface area contributed by atoms with E-state index in [1.54, 1.807) is 32.2 Å². The number of rotatable bonds is 18. The van der Waals surface area contributed by atoms with Crippen LogP contribution in [0.5, 0.6) is 17.2 Å². The monoisotopic (exact) mass is 488 g/mol. The summed E-state index contributed by atoms with van der Waals surface area (Å²) in [7, 11) is 1.63. The van der Waals surface area contributed by atoms with Crippen molar-refractivity contribution in [3.8, 4) is 17.2 Å². The van der Waals surface area contributed by atoms with E-state index >= 15 is 0 Å². The van der Waals surface area contributed by atoms with Gasteiger partial charge < -0.3 is 33.5 Å². The van der Waals surface area contributed by atoms with Gasteiger partial charge in [0.15, 0.2) is 18.3 Å². The van der Waals surface area contributed by atoms with E-state index in [0.29, 0.717) is 49.9 Å². The number of aliphatic carboxylic acids is 1. The van der Waals surface area contributed by atoms with Crippen molar-refractivity contribution in [2.45, 2.75) is 33.1 Å². The minimum Gasteiger partial charge on any atom is -0.490 e. The highest BCUT2D eigenvalue weighted by Crippen LogP contribution is 2.30. The molecule has 0 aromatic heterocycles. The van der Waals surface area contributed by atoms with E-state index in [9.17, 15) is 9.90 Å². The molecule has 0 saturated carbocycles. The summed E-state index contributed by atoms with van der Waals surface area (Å²) in [6.45, 7) is 6.31. The van der Waals surface area contributed by atoms with Gasteiger partial charge in [-0.3, -0.25) is 0 Å². The minimum absolute atomic E-state index is 0.116. The Balaban J connectivity index is 1.96. The third-order valence-electron chi connectivity index (χ3n) is 4.84. The molecule has 0 unspecified atom stereocenters. The number of benzene rings is 2. The summed E-state index contributed by atoms with van der Waals surface area (Å²) in [6, 6.07) is 13.1. The van der Waals surface area contributed by atoms with Gasteiger partial charge in [0.1, 0.15) is 5.75 Å². The van der Waals surface area contributed by atoms with Crippen LogP contribution in [0, 0.1) is 0 Å². The Kier molecular flexibility index (Phi) is 13.1. The van der Waals surface area contributed by atoms with Crippen LogP contribution in [-0.4, -0.2) is 58.0 Å². The van der Waals surface area contributed by atoms with Gasteiger partial charge in [-0.05, 0) is 54.8 Å². The number of carboxylic acids is 1. The lowest BCUT2D eigenvalue weighted by atomic mass is 10.1. The predicted octanol–water partition coefficient (Wildman–Crippen LogP) is 4.95. The molecule has 0 atom stereocenters. The minimum atomic E-state index is -1.12. The summed E-state index contributed by atoms with van der Waals surface area (Å²) in [5, 5.41) is 9.31. The average molecular weight is 489 g/mol. The van der Waals surface area contributed by atoms with E-state index in [4.69, 9.17) is 28.4 Å². The van der Waals surface area contributed by atoms with E-state index in [1.807, 2.05) is 24.3 Å². The van der Waals surface area contributed by atoms with Crippen LogP contribution in [0.15, 0.2) is 48.2 Å². The first-order chi connectivity index (χ1) is 17.1. The highest BCUT2D eigenvalue weighted by molar-refractivity contribution is 5.90. The number of carbonyl (C=O) groups is 1. The van der Waals surface area contributed by atoms with Crippen LogP contribution in [-0.2, 0) is 25.4 Å². The molecule has 0 amide bonds. The number of hydrogen-bond donors (Lipinski definition) is 1. The van der Waals surface area contributed by atoms with E-state index in [0.717, 1.165) is 24.2 Å². The largest absolute Gasteiger partial charge is 0.490 e. The number of methoxy groups -OCH3 is 1. The first-order valence-electron chi connectivity index (χ1n) is 11.8. The van der Waals surface area contributed by atoms with Crippen molar-refractivity contribution in [2.75, 3.05) is 46.9 Å². The molecule has 0 saturated heterocycles. The summed E-state index contributed by atoms with van der Waals surface area (Å²) < 4.78 is 32.9. The van der Waals surface area contributed by atoms with Crippen molar-refractivity contribution in [2.24, 2.45) is 0 Å². The van der Waals surface area contributed by atoms with Crippen LogP contribution in [0.3, 0.4) is 0 Å². The first-order valence-corrected chi connectivity index (χ1v) is 11.8. The van der Waals surface area contributed by atoms with Crippen molar-refractivity contribution >= 4 is 12.0 Å². The number of hydrogen-bond acceptors (Lipinski definition) is 7. The number of unbranched alkanes of at least 4 members (excludes halogenated alkanes) is 1. The Bertz CT molecular complexity index is 908. The van der Waals surface area contributed by atoms with E-state index in [1.165, 1.54) is 6.08 Å². The van der Waals surface area contributed by atoms with Crippen molar-refractivity contribution in [3.63, 3.8) is 0 Å². The normalized spacial score (nSPS) is 11.2. The second kappa shape index (κ2) is 16.4. The molecular weight excluding hydrogens is 452 g/mol. The fourth-order valence-corrected chi connectivity index (χ4v) is 2.99. The van der Waals surface area contributed by atoms with Crippen LogP contribution in [0.4, 0.5) is 0 Å². The Morgan fingerprint density at radius 1 is 0.914 bits per heavy atom. The lowest BCUT2D eigenvalue weighted by Gasteiger charge is -2.14. The molecule has 0 aliphatic carbocycles.